The van der Waals surface area contributed by atoms with Crippen LogP contribution in [-0.4, -0.2) is 71.6 Å². The van der Waals surface area contributed by atoms with E-state index in [1.807, 2.05) is 54.0 Å². The first kappa shape index (κ1) is 24.4. The van der Waals surface area contributed by atoms with Crippen LogP contribution < -0.4 is 18.8 Å². The van der Waals surface area contributed by atoms with Crippen LogP contribution in [0.25, 0.3) is 0 Å². The highest BCUT2D eigenvalue weighted by Gasteiger charge is 2.37. The molecule has 0 radical (unpaired) electrons. The van der Waals surface area contributed by atoms with Gasteiger partial charge < -0.3 is 14.7 Å². The molecule has 2 aromatic rings. The van der Waals surface area contributed by atoms with Crippen molar-refractivity contribution in [3.8, 4) is 0 Å². The van der Waals surface area contributed by atoms with Crippen molar-refractivity contribution in [3.63, 3.8) is 0 Å². The van der Waals surface area contributed by atoms with Crippen LogP contribution in [0.1, 0.15) is 25.5 Å². The third kappa shape index (κ3) is 4.89. The summed E-state index contributed by atoms with van der Waals surface area (Å²) in [6.45, 7) is 8.50. The number of carbonyl (C=O) groups is 1. The molecular weight excluding hydrogens is 457 g/mol. The fourth-order valence-corrected chi connectivity index (χ4v) is 6.12. The predicted octanol–water partition coefficient (Wildman–Crippen LogP) is 0.795. The average molecular weight is 491 g/mol. The molecular formula is C24H33FN5O3S+. The Kier molecular flexibility index (Phi) is 7.39. The highest BCUT2D eigenvalue weighted by atomic mass is 32.2. The molecule has 0 aliphatic carbocycles. The van der Waals surface area contributed by atoms with Gasteiger partial charge in [-0.1, -0.05) is 30.3 Å². The lowest BCUT2D eigenvalue weighted by molar-refractivity contribution is -0.923. The van der Waals surface area contributed by atoms with Crippen molar-refractivity contribution in [2.24, 2.45) is 0 Å². The second kappa shape index (κ2) is 10.3. The number of rotatable bonds is 7. The monoisotopic (exact) mass is 490 g/mol. The molecule has 1 atom stereocenters. The van der Waals surface area contributed by atoms with Gasteiger partial charge in [0, 0.05) is 37.8 Å². The average Bonchev–Trinajstić information content (AvgIpc) is 3.20. The SMILES string of the molecule is CCN(CC)C(=O)C(c1ccccc1)[NH+]1CCN(c2ccc(N3CCNS3(=O)=O)cc2F)CC1. The summed E-state index contributed by atoms with van der Waals surface area (Å²) in [7, 11) is -3.59. The zero-order valence-electron chi connectivity index (χ0n) is 19.7. The maximum atomic E-state index is 15.0. The number of piperazine rings is 1. The Balaban J connectivity index is 1.49. The number of anilines is 2. The summed E-state index contributed by atoms with van der Waals surface area (Å²) in [4.78, 5) is 18.4. The summed E-state index contributed by atoms with van der Waals surface area (Å²) < 4.78 is 42.8. The molecule has 0 bridgehead atoms. The summed E-state index contributed by atoms with van der Waals surface area (Å²) >= 11 is 0. The van der Waals surface area contributed by atoms with E-state index in [-0.39, 0.29) is 18.5 Å². The maximum Gasteiger partial charge on any atom is 0.301 e. The minimum atomic E-state index is -3.59. The lowest BCUT2D eigenvalue weighted by Crippen LogP contribution is -3.16. The minimum Gasteiger partial charge on any atom is -0.358 e. The zero-order chi connectivity index (χ0) is 24.3. The van der Waals surface area contributed by atoms with Crippen molar-refractivity contribution in [1.82, 2.24) is 9.62 Å². The Morgan fingerprint density at radius 2 is 1.76 bits per heavy atom. The number of benzene rings is 2. The predicted molar refractivity (Wildman–Crippen MR) is 131 cm³/mol. The van der Waals surface area contributed by atoms with Crippen LogP contribution >= 0.6 is 0 Å². The summed E-state index contributed by atoms with van der Waals surface area (Å²) in [6, 6.07) is 14.2. The minimum absolute atomic E-state index is 0.121. The first-order valence-corrected chi connectivity index (χ1v) is 13.3. The summed E-state index contributed by atoms with van der Waals surface area (Å²) in [5.41, 5.74) is 1.78. The quantitative estimate of drug-likeness (QED) is 0.602. The standard InChI is InChI=1S/C24H32FN5O3S/c1-3-27(4-2)24(31)23(19-8-6-5-7-9-19)29-16-14-28(15-17-29)22-11-10-20(18-21(22)25)30-13-12-26-34(30,32)33/h5-11,18,23,26H,3-4,12-17H2,1-2H3/p+1. The van der Waals surface area contributed by atoms with Gasteiger partial charge >= 0.3 is 10.2 Å². The second-order valence-corrected chi connectivity index (χ2v) is 10.3. The maximum absolute atomic E-state index is 15.0. The van der Waals surface area contributed by atoms with Crippen molar-refractivity contribution in [3.05, 3.63) is 59.9 Å². The third-order valence-corrected chi connectivity index (χ3v) is 8.26. The Morgan fingerprint density at radius 3 is 2.32 bits per heavy atom. The van der Waals surface area contributed by atoms with E-state index < -0.39 is 16.0 Å². The number of nitrogens with one attached hydrogen (secondary N) is 2. The first-order valence-electron chi connectivity index (χ1n) is 11.9. The number of carbonyl (C=O) groups excluding carboxylic acids is 1. The Labute approximate surface area is 201 Å². The van der Waals surface area contributed by atoms with E-state index in [1.165, 1.54) is 15.3 Å². The number of halogens is 1. The van der Waals surface area contributed by atoms with E-state index in [9.17, 15) is 13.2 Å². The van der Waals surface area contributed by atoms with E-state index in [1.54, 1.807) is 12.1 Å². The van der Waals surface area contributed by atoms with E-state index in [0.717, 1.165) is 5.56 Å². The van der Waals surface area contributed by atoms with Crippen LogP contribution in [0.2, 0.25) is 0 Å². The molecule has 0 spiro atoms. The van der Waals surface area contributed by atoms with Crippen molar-refractivity contribution in [1.29, 1.82) is 0 Å². The molecule has 184 valence electrons. The molecule has 2 saturated heterocycles. The van der Waals surface area contributed by atoms with Crippen LogP contribution in [0.15, 0.2) is 48.5 Å². The van der Waals surface area contributed by atoms with Crippen LogP contribution in [0.4, 0.5) is 15.8 Å². The van der Waals surface area contributed by atoms with Crippen molar-refractivity contribution >= 4 is 27.5 Å². The largest absolute Gasteiger partial charge is 0.358 e. The van der Waals surface area contributed by atoms with Gasteiger partial charge in [0.25, 0.3) is 5.91 Å². The molecule has 8 nitrogen and oxygen atoms in total. The highest BCUT2D eigenvalue weighted by Crippen LogP contribution is 2.27. The molecule has 2 heterocycles. The van der Waals surface area contributed by atoms with Crippen LogP contribution in [0.5, 0.6) is 0 Å². The summed E-state index contributed by atoms with van der Waals surface area (Å²) in [5, 5.41) is 0. The number of hydrogen-bond acceptors (Lipinski definition) is 4. The van der Waals surface area contributed by atoms with Gasteiger partial charge in [-0.05, 0) is 26.0 Å². The molecule has 0 saturated carbocycles. The molecule has 4 rings (SSSR count). The molecule has 34 heavy (non-hydrogen) atoms. The first-order chi connectivity index (χ1) is 16.4. The van der Waals surface area contributed by atoms with E-state index >= 15 is 4.39 Å². The van der Waals surface area contributed by atoms with Gasteiger partial charge in [-0.2, -0.15) is 13.1 Å². The molecule has 2 fully saturated rings. The highest BCUT2D eigenvalue weighted by molar-refractivity contribution is 7.91. The van der Waals surface area contributed by atoms with Gasteiger partial charge in [0.05, 0.1) is 37.6 Å². The van der Waals surface area contributed by atoms with Gasteiger partial charge in [-0.3, -0.25) is 9.10 Å². The normalized spacial score (nSPS) is 19.3. The topological polar surface area (TPSA) is 77.4 Å². The second-order valence-electron chi connectivity index (χ2n) is 8.61. The lowest BCUT2D eigenvalue weighted by Gasteiger charge is -2.38. The van der Waals surface area contributed by atoms with Gasteiger partial charge in [-0.25, -0.2) is 4.39 Å². The lowest BCUT2D eigenvalue weighted by atomic mass is 10.0. The van der Waals surface area contributed by atoms with Gasteiger partial charge in [0.2, 0.25) is 0 Å². The van der Waals surface area contributed by atoms with Gasteiger partial charge in [0.15, 0.2) is 6.04 Å². The van der Waals surface area contributed by atoms with Gasteiger partial charge in [-0.15, -0.1) is 0 Å². The Hall–Kier alpha value is -2.69. The van der Waals surface area contributed by atoms with Crippen molar-refractivity contribution in [2.45, 2.75) is 19.9 Å². The molecule has 2 aliphatic heterocycles. The zero-order valence-corrected chi connectivity index (χ0v) is 20.5. The number of hydrogen-bond donors (Lipinski definition) is 2. The smallest absolute Gasteiger partial charge is 0.301 e. The van der Waals surface area contributed by atoms with Crippen LogP contribution in [-0.2, 0) is 15.0 Å². The molecule has 10 heteroatoms. The molecule has 2 aromatic carbocycles. The molecule has 2 aliphatic rings. The van der Waals surface area contributed by atoms with Crippen LogP contribution in [0, 0.1) is 5.82 Å². The molecule has 1 amide bonds. The summed E-state index contributed by atoms with van der Waals surface area (Å²) in [5.74, 6) is -0.322. The van der Waals surface area contributed by atoms with Crippen molar-refractivity contribution in [2.75, 3.05) is 61.6 Å². The number of amides is 1. The number of likely N-dealkylation sites (N-methyl/N-ethyl adjacent to an activating group) is 1. The van der Waals surface area contributed by atoms with Crippen molar-refractivity contribution < 1.29 is 22.5 Å². The number of nitrogens with zero attached hydrogens (tertiary/aromatic N) is 3. The van der Waals surface area contributed by atoms with E-state index in [0.29, 0.717) is 57.2 Å². The molecule has 2 N–H and O–H groups in total. The molecule has 1 unspecified atom stereocenters. The van der Waals surface area contributed by atoms with E-state index in [4.69, 9.17) is 0 Å². The van der Waals surface area contributed by atoms with E-state index in [2.05, 4.69) is 4.72 Å². The Bertz CT molecular complexity index is 1100. The van der Waals surface area contributed by atoms with Crippen LogP contribution in [0.3, 0.4) is 0 Å². The van der Waals surface area contributed by atoms with Gasteiger partial charge in [0.1, 0.15) is 5.82 Å². The third-order valence-electron chi connectivity index (χ3n) is 6.72. The summed E-state index contributed by atoms with van der Waals surface area (Å²) in [6.07, 6.45) is 0. The fraction of sp³-hybridized carbons (Fsp3) is 0.458. The molecule has 0 aromatic heterocycles. The Morgan fingerprint density at radius 1 is 1.09 bits per heavy atom. The fourth-order valence-electron chi connectivity index (χ4n) is 4.89. The number of quaternary nitrogens is 1.